The summed E-state index contributed by atoms with van der Waals surface area (Å²) in [5, 5.41) is 10.2. The molecule has 1 atom stereocenters. The molecule has 118 valence electrons. The molecule has 1 fully saturated rings. The number of hydrogen-bond donors (Lipinski definition) is 0. The van der Waals surface area contributed by atoms with Gasteiger partial charge in [0.15, 0.2) is 0 Å². The van der Waals surface area contributed by atoms with E-state index in [0.717, 1.165) is 31.2 Å². The summed E-state index contributed by atoms with van der Waals surface area (Å²) in [6, 6.07) is 2.24. The molecule has 8 heteroatoms. The number of amides is 1. The molecule has 1 aromatic heterocycles. The van der Waals surface area contributed by atoms with Crippen molar-refractivity contribution in [1.29, 1.82) is 5.26 Å². The van der Waals surface area contributed by atoms with Crippen molar-refractivity contribution in [1.82, 2.24) is 0 Å². The highest BCUT2D eigenvalue weighted by Crippen LogP contribution is 2.41. The molecule has 2 aliphatic rings. The van der Waals surface area contributed by atoms with Crippen LogP contribution in [0.5, 0.6) is 0 Å². The van der Waals surface area contributed by atoms with Gasteiger partial charge in [-0.1, -0.05) is 0 Å². The Labute approximate surface area is 137 Å². The fourth-order valence-electron chi connectivity index (χ4n) is 3.23. The monoisotopic (exact) mass is 358 g/mol. The first-order valence-corrected chi connectivity index (χ1v) is 10.5. The Morgan fingerprint density at radius 2 is 2.09 bits per heavy atom. The number of rotatable bonds is 3. The van der Waals surface area contributed by atoms with Crippen LogP contribution in [0.2, 0.25) is 0 Å². The normalized spacial score (nSPS) is 21.7. The maximum absolute atomic E-state index is 12.2. The molecule has 5 nitrogen and oxygen atoms in total. The van der Waals surface area contributed by atoms with Gasteiger partial charge in [-0.25, -0.2) is 8.42 Å². The van der Waals surface area contributed by atoms with Crippen LogP contribution in [0, 0.1) is 17.2 Å². The second-order valence-electron chi connectivity index (χ2n) is 5.78. The van der Waals surface area contributed by atoms with Crippen LogP contribution in [0.4, 0.5) is 5.00 Å². The Kier molecular flexibility index (Phi) is 4.19. The van der Waals surface area contributed by atoms with E-state index in [1.54, 1.807) is 4.90 Å². The first kappa shape index (κ1) is 15.8. The van der Waals surface area contributed by atoms with Gasteiger partial charge >= 0.3 is 0 Å². The average molecular weight is 359 g/mol. The van der Waals surface area contributed by atoms with Gasteiger partial charge in [-0.3, -0.25) is 4.79 Å². The molecule has 2 heterocycles. The van der Waals surface area contributed by atoms with Crippen molar-refractivity contribution < 1.29 is 13.2 Å². The maximum atomic E-state index is 12.2. The minimum Gasteiger partial charge on any atom is -0.302 e. The molecule has 1 unspecified atom stereocenters. The van der Waals surface area contributed by atoms with Crippen LogP contribution >= 0.6 is 22.0 Å². The SMILES string of the molecule is N#Cc1c(N2CC(CS(=O)(=O)Cl)CC2=O)sc2c1CCCC2. The van der Waals surface area contributed by atoms with Crippen LogP contribution in [0.15, 0.2) is 0 Å². The van der Waals surface area contributed by atoms with Crippen molar-refractivity contribution in [3.63, 3.8) is 0 Å². The summed E-state index contributed by atoms with van der Waals surface area (Å²) in [4.78, 5) is 15.0. The minimum atomic E-state index is -3.62. The van der Waals surface area contributed by atoms with E-state index < -0.39 is 9.05 Å². The minimum absolute atomic E-state index is 0.125. The standard InChI is InChI=1S/C14H15ClN2O3S2/c15-22(19,20)8-9-5-13(18)17(7-9)14-11(6-16)10-3-1-2-4-12(10)21-14/h9H,1-5,7-8H2. The highest BCUT2D eigenvalue weighted by molar-refractivity contribution is 8.13. The molecular weight excluding hydrogens is 344 g/mol. The highest BCUT2D eigenvalue weighted by Gasteiger charge is 2.36. The van der Waals surface area contributed by atoms with E-state index in [0.29, 0.717) is 17.1 Å². The predicted octanol–water partition coefficient (Wildman–Crippen LogP) is 2.42. The molecule has 1 amide bonds. The largest absolute Gasteiger partial charge is 0.302 e. The lowest BCUT2D eigenvalue weighted by Crippen LogP contribution is -2.25. The van der Waals surface area contributed by atoms with E-state index in [-0.39, 0.29) is 24.0 Å². The van der Waals surface area contributed by atoms with Crippen LogP contribution < -0.4 is 4.90 Å². The number of halogens is 1. The number of nitriles is 1. The van der Waals surface area contributed by atoms with Crippen LogP contribution in [0.3, 0.4) is 0 Å². The summed E-state index contributed by atoms with van der Waals surface area (Å²) in [7, 11) is 1.67. The fourth-order valence-corrected chi connectivity index (χ4v) is 5.91. The zero-order valence-electron chi connectivity index (χ0n) is 11.8. The Morgan fingerprint density at radius 3 is 2.77 bits per heavy atom. The van der Waals surface area contributed by atoms with Gasteiger partial charge in [0, 0.05) is 34.4 Å². The Hall–Kier alpha value is -1.10. The van der Waals surface area contributed by atoms with Gasteiger partial charge in [0.2, 0.25) is 15.0 Å². The van der Waals surface area contributed by atoms with E-state index in [2.05, 4.69) is 6.07 Å². The Balaban J connectivity index is 1.90. The third-order valence-corrected chi connectivity index (χ3v) is 6.71. The molecule has 1 aliphatic heterocycles. The molecule has 3 rings (SSSR count). The van der Waals surface area contributed by atoms with Gasteiger partial charge in [-0.2, -0.15) is 5.26 Å². The molecule has 1 aromatic rings. The molecule has 22 heavy (non-hydrogen) atoms. The van der Waals surface area contributed by atoms with Gasteiger partial charge in [0.1, 0.15) is 11.1 Å². The smallest absolute Gasteiger partial charge is 0.232 e. The topological polar surface area (TPSA) is 78.2 Å². The number of hydrogen-bond acceptors (Lipinski definition) is 5. The molecule has 0 radical (unpaired) electrons. The fraction of sp³-hybridized carbons (Fsp3) is 0.571. The number of anilines is 1. The van der Waals surface area contributed by atoms with E-state index in [1.807, 2.05) is 0 Å². The number of thiophene rings is 1. The molecule has 0 spiro atoms. The van der Waals surface area contributed by atoms with Crippen molar-refractivity contribution >= 4 is 42.0 Å². The number of carbonyl (C=O) groups excluding carboxylic acids is 1. The second kappa shape index (κ2) is 5.84. The van der Waals surface area contributed by atoms with Gasteiger partial charge < -0.3 is 4.90 Å². The first-order chi connectivity index (χ1) is 10.4. The van der Waals surface area contributed by atoms with Gasteiger partial charge in [-0.15, -0.1) is 11.3 Å². The van der Waals surface area contributed by atoms with Crippen LogP contribution in [0.25, 0.3) is 0 Å². The summed E-state index contributed by atoms with van der Waals surface area (Å²) in [5.41, 5.74) is 1.68. The number of nitrogens with zero attached hydrogens (tertiary/aromatic N) is 2. The van der Waals surface area contributed by atoms with Gasteiger partial charge in [-0.05, 0) is 31.2 Å². The quantitative estimate of drug-likeness (QED) is 0.777. The molecule has 1 aliphatic carbocycles. The molecule has 0 aromatic carbocycles. The zero-order chi connectivity index (χ0) is 15.9. The second-order valence-corrected chi connectivity index (χ2v) is 9.69. The van der Waals surface area contributed by atoms with E-state index >= 15 is 0 Å². The summed E-state index contributed by atoms with van der Waals surface area (Å²) in [5.74, 6) is -0.634. The molecule has 0 N–H and O–H groups in total. The summed E-state index contributed by atoms with van der Waals surface area (Å²) in [6.07, 6.45) is 4.18. The third kappa shape index (κ3) is 3.00. The lowest BCUT2D eigenvalue weighted by molar-refractivity contribution is -0.117. The van der Waals surface area contributed by atoms with Gasteiger partial charge in [0.05, 0.1) is 11.3 Å². The van der Waals surface area contributed by atoms with Crippen molar-refractivity contribution in [3.8, 4) is 6.07 Å². The lowest BCUT2D eigenvalue weighted by atomic mass is 9.96. The Morgan fingerprint density at radius 1 is 1.36 bits per heavy atom. The number of fused-ring (bicyclic) bond motifs is 1. The average Bonchev–Trinajstić information content (AvgIpc) is 2.96. The van der Waals surface area contributed by atoms with E-state index in [1.165, 1.54) is 16.2 Å². The Bertz CT molecular complexity index is 764. The van der Waals surface area contributed by atoms with Gasteiger partial charge in [0.25, 0.3) is 0 Å². The first-order valence-electron chi connectivity index (χ1n) is 7.16. The van der Waals surface area contributed by atoms with Crippen LogP contribution in [-0.2, 0) is 26.7 Å². The van der Waals surface area contributed by atoms with Crippen molar-refractivity contribution in [2.75, 3.05) is 17.2 Å². The maximum Gasteiger partial charge on any atom is 0.232 e. The van der Waals surface area contributed by atoms with E-state index in [4.69, 9.17) is 10.7 Å². The third-order valence-electron chi connectivity index (χ3n) is 4.15. The lowest BCUT2D eigenvalue weighted by Gasteiger charge is -2.15. The summed E-state index contributed by atoms with van der Waals surface area (Å²) >= 11 is 1.51. The van der Waals surface area contributed by atoms with Crippen molar-refractivity contribution in [2.24, 2.45) is 5.92 Å². The number of carbonyl (C=O) groups is 1. The predicted molar refractivity (Wildman–Crippen MR) is 85.8 cm³/mol. The molecule has 0 saturated carbocycles. The zero-order valence-corrected chi connectivity index (χ0v) is 14.2. The number of aryl methyl sites for hydroxylation is 1. The van der Waals surface area contributed by atoms with Crippen molar-refractivity contribution in [3.05, 3.63) is 16.0 Å². The highest BCUT2D eigenvalue weighted by atomic mass is 35.7. The van der Waals surface area contributed by atoms with Crippen LogP contribution in [-0.4, -0.2) is 26.6 Å². The van der Waals surface area contributed by atoms with Crippen molar-refractivity contribution in [2.45, 2.75) is 32.1 Å². The molecular formula is C14H15ClN2O3S2. The summed E-state index contributed by atoms with van der Waals surface area (Å²) in [6.45, 7) is 0.318. The molecule has 0 bridgehead atoms. The van der Waals surface area contributed by atoms with Crippen LogP contribution in [0.1, 0.15) is 35.3 Å². The summed E-state index contributed by atoms with van der Waals surface area (Å²) < 4.78 is 22.4. The van der Waals surface area contributed by atoms with E-state index in [9.17, 15) is 18.5 Å². The molecule has 1 saturated heterocycles.